The van der Waals surface area contributed by atoms with E-state index in [1.165, 1.54) is 20.4 Å². The van der Waals surface area contributed by atoms with Crippen LogP contribution in [0.4, 0.5) is 5.69 Å². The number of hydrogen-bond acceptors (Lipinski definition) is 5. The maximum absolute atomic E-state index is 11.9. The maximum Gasteiger partial charge on any atom is 0.329 e. The van der Waals surface area contributed by atoms with Crippen LogP contribution in [0.15, 0.2) is 47.6 Å². The fraction of sp³-hybridized carbons (Fsp3) is 0.167. The van der Waals surface area contributed by atoms with Gasteiger partial charge in [-0.15, -0.1) is 0 Å². The number of ether oxygens (including phenoxy) is 2. The molecule has 0 heterocycles. The van der Waals surface area contributed by atoms with Crippen LogP contribution in [0, 0.1) is 6.92 Å². The third-order valence-corrected chi connectivity index (χ3v) is 3.32. The Morgan fingerprint density at radius 2 is 1.72 bits per heavy atom. The quantitative estimate of drug-likeness (QED) is 0.495. The summed E-state index contributed by atoms with van der Waals surface area (Å²) in [6.07, 6.45) is 1.46. The number of carbonyl (C=O) groups excluding carboxylic acids is 2. The van der Waals surface area contributed by atoms with E-state index < -0.39 is 11.8 Å². The number of nitrogens with one attached hydrogen (secondary N) is 2. The van der Waals surface area contributed by atoms with E-state index in [2.05, 4.69) is 15.8 Å². The molecule has 130 valence electrons. The van der Waals surface area contributed by atoms with Crippen LogP contribution < -0.4 is 20.2 Å². The SMILES string of the molecule is COc1ccc(NC(=O)C(=O)NN=Cc2ccc(C)cc2)c(OC)c1. The largest absolute Gasteiger partial charge is 0.497 e. The molecule has 0 bridgehead atoms. The number of nitrogens with zero attached hydrogens (tertiary/aromatic N) is 1. The highest BCUT2D eigenvalue weighted by Crippen LogP contribution is 2.28. The Morgan fingerprint density at radius 3 is 2.36 bits per heavy atom. The standard InChI is InChI=1S/C18H19N3O4/c1-12-4-6-13(7-5-12)11-19-21-18(23)17(22)20-15-9-8-14(24-2)10-16(15)25-3/h4-11H,1-3H3,(H,20,22)(H,21,23). The molecule has 7 nitrogen and oxygen atoms in total. The van der Waals surface area contributed by atoms with Crippen LogP contribution in [0.3, 0.4) is 0 Å². The average Bonchev–Trinajstić information content (AvgIpc) is 2.63. The number of methoxy groups -OCH3 is 2. The minimum Gasteiger partial charge on any atom is -0.497 e. The monoisotopic (exact) mass is 341 g/mol. The molecule has 2 N–H and O–H groups in total. The Bertz CT molecular complexity index is 785. The second-order valence-corrected chi connectivity index (χ2v) is 5.13. The molecule has 0 aliphatic rings. The van der Waals surface area contributed by atoms with E-state index in [-0.39, 0.29) is 0 Å². The molecule has 2 amide bonds. The third-order valence-electron chi connectivity index (χ3n) is 3.32. The highest BCUT2D eigenvalue weighted by Gasteiger charge is 2.15. The highest BCUT2D eigenvalue weighted by atomic mass is 16.5. The van der Waals surface area contributed by atoms with Crippen molar-refractivity contribution in [3.63, 3.8) is 0 Å². The van der Waals surface area contributed by atoms with Crippen LogP contribution in [0.1, 0.15) is 11.1 Å². The van der Waals surface area contributed by atoms with Gasteiger partial charge in [-0.2, -0.15) is 5.10 Å². The summed E-state index contributed by atoms with van der Waals surface area (Å²) < 4.78 is 10.2. The first-order chi connectivity index (χ1) is 12.0. The fourth-order valence-electron chi connectivity index (χ4n) is 1.95. The summed E-state index contributed by atoms with van der Waals surface area (Å²) in [4.78, 5) is 23.8. The van der Waals surface area contributed by atoms with E-state index >= 15 is 0 Å². The molecule has 0 radical (unpaired) electrons. The average molecular weight is 341 g/mol. The number of hydrazone groups is 1. The van der Waals surface area contributed by atoms with E-state index in [1.807, 2.05) is 31.2 Å². The zero-order chi connectivity index (χ0) is 18.2. The topological polar surface area (TPSA) is 89.0 Å². The molecule has 0 saturated carbocycles. The summed E-state index contributed by atoms with van der Waals surface area (Å²) >= 11 is 0. The van der Waals surface area contributed by atoms with Gasteiger partial charge in [0.2, 0.25) is 0 Å². The Kier molecular flexibility index (Phi) is 6.11. The Morgan fingerprint density at radius 1 is 1.00 bits per heavy atom. The lowest BCUT2D eigenvalue weighted by molar-refractivity contribution is -0.136. The molecule has 0 fully saturated rings. The molecular weight excluding hydrogens is 322 g/mol. The number of hydrogen-bond donors (Lipinski definition) is 2. The zero-order valence-corrected chi connectivity index (χ0v) is 14.2. The molecule has 0 unspecified atom stereocenters. The molecule has 2 aromatic rings. The minimum absolute atomic E-state index is 0.353. The minimum atomic E-state index is -0.888. The number of carbonyl (C=O) groups is 2. The molecule has 25 heavy (non-hydrogen) atoms. The molecule has 0 spiro atoms. The lowest BCUT2D eigenvalue weighted by Crippen LogP contribution is -2.32. The summed E-state index contributed by atoms with van der Waals surface area (Å²) in [6, 6.07) is 12.4. The zero-order valence-electron chi connectivity index (χ0n) is 14.2. The van der Waals surface area contributed by atoms with E-state index in [0.717, 1.165) is 11.1 Å². The molecule has 0 aromatic heterocycles. The van der Waals surface area contributed by atoms with Crippen LogP contribution in [-0.2, 0) is 9.59 Å². The van der Waals surface area contributed by atoms with Crippen molar-refractivity contribution in [3.05, 3.63) is 53.6 Å². The second kappa shape index (κ2) is 8.49. The normalized spacial score (nSPS) is 10.4. The van der Waals surface area contributed by atoms with Gasteiger partial charge in [-0.05, 0) is 24.6 Å². The van der Waals surface area contributed by atoms with Crippen molar-refractivity contribution in [1.29, 1.82) is 0 Å². The molecular formula is C18H19N3O4. The van der Waals surface area contributed by atoms with E-state index in [0.29, 0.717) is 17.2 Å². The second-order valence-electron chi connectivity index (χ2n) is 5.13. The van der Waals surface area contributed by atoms with Gasteiger partial charge in [-0.3, -0.25) is 9.59 Å². The molecule has 0 aliphatic heterocycles. The van der Waals surface area contributed by atoms with Crippen LogP contribution >= 0.6 is 0 Å². The van der Waals surface area contributed by atoms with Crippen molar-refractivity contribution < 1.29 is 19.1 Å². The van der Waals surface area contributed by atoms with Crippen LogP contribution in [0.5, 0.6) is 11.5 Å². The van der Waals surface area contributed by atoms with E-state index in [4.69, 9.17) is 9.47 Å². The predicted octanol–water partition coefficient (Wildman–Crippen LogP) is 2.10. The summed E-state index contributed by atoms with van der Waals surface area (Å²) in [5.41, 5.74) is 4.46. The molecule has 0 aliphatic carbocycles. The number of amides is 2. The van der Waals surface area contributed by atoms with Crippen LogP contribution in [0.2, 0.25) is 0 Å². The van der Waals surface area contributed by atoms with Gasteiger partial charge >= 0.3 is 11.8 Å². The molecule has 0 atom stereocenters. The van der Waals surface area contributed by atoms with Gasteiger partial charge in [0.1, 0.15) is 11.5 Å². The highest BCUT2D eigenvalue weighted by molar-refractivity contribution is 6.39. The van der Waals surface area contributed by atoms with Crippen molar-refractivity contribution in [2.45, 2.75) is 6.92 Å². The lowest BCUT2D eigenvalue weighted by atomic mass is 10.2. The van der Waals surface area contributed by atoms with E-state index in [1.54, 1.807) is 18.2 Å². The molecule has 2 rings (SSSR count). The van der Waals surface area contributed by atoms with Crippen LogP contribution in [0.25, 0.3) is 0 Å². The predicted molar refractivity (Wildman–Crippen MR) is 95.1 cm³/mol. The summed E-state index contributed by atoms with van der Waals surface area (Å²) in [7, 11) is 2.98. The number of anilines is 1. The number of benzene rings is 2. The lowest BCUT2D eigenvalue weighted by Gasteiger charge is -2.10. The first-order valence-electron chi connectivity index (χ1n) is 7.46. The maximum atomic E-state index is 11.9. The molecule has 2 aromatic carbocycles. The van der Waals surface area contributed by atoms with Crippen molar-refractivity contribution in [3.8, 4) is 11.5 Å². The summed E-state index contributed by atoms with van der Waals surface area (Å²) in [6.45, 7) is 1.97. The van der Waals surface area contributed by atoms with Crippen molar-refractivity contribution in [2.24, 2.45) is 5.10 Å². The van der Waals surface area contributed by atoms with Gasteiger partial charge in [0.05, 0.1) is 26.1 Å². The Balaban J connectivity index is 1.96. The summed E-state index contributed by atoms with van der Waals surface area (Å²) in [5.74, 6) is -0.795. The van der Waals surface area contributed by atoms with Gasteiger partial charge in [-0.1, -0.05) is 29.8 Å². The first kappa shape index (κ1) is 18.0. The van der Waals surface area contributed by atoms with E-state index in [9.17, 15) is 9.59 Å². The number of rotatable bonds is 5. The molecule has 0 saturated heterocycles. The molecule has 7 heteroatoms. The summed E-state index contributed by atoms with van der Waals surface area (Å²) in [5, 5.41) is 6.23. The van der Waals surface area contributed by atoms with Gasteiger partial charge in [-0.25, -0.2) is 5.43 Å². The van der Waals surface area contributed by atoms with Gasteiger partial charge in [0.25, 0.3) is 0 Å². The van der Waals surface area contributed by atoms with Gasteiger partial charge in [0, 0.05) is 6.07 Å². The van der Waals surface area contributed by atoms with Crippen molar-refractivity contribution >= 4 is 23.7 Å². The van der Waals surface area contributed by atoms with Crippen molar-refractivity contribution in [1.82, 2.24) is 5.43 Å². The van der Waals surface area contributed by atoms with Gasteiger partial charge in [0.15, 0.2) is 0 Å². The number of aryl methyl sites for hydroxylation is 1. The fourth-order valence-corrected chi connectivity index (χ4v) is 1.95. The van der Waals surface area contributed by atoms with Crippen molar-refractivity contribution in [2.75, 3.05) is 19.5 Å². The Hall–Kier alpha value is -3.35. The first-order valence-corrected chi connectivity index (χ1v) is 7.46. The smallest absolute Gasteiger partial charge is 0.329 e. The Labute approximate surface area is 145 Å². The third kappa shape index (κ3) is 5.07. The van der Waals surface area contributed by atoms with Gasteiger partial charge < -0.3 is 14.8 Å². The van der Waals surface area contributed by atoms with Crippen LogP contribution in [-0.4, -0.2) is 32.2 Å².